The van der Waals surface area contributed by atoms with Crippen LogP contribution in [0.25, 0.3) is 10.9 Å². The third-order valence-electron chi connectivity index (χ3n) is 4.46. The number of anilines is 1. The Hall–Kier alpha value is -2.18. The van der Waals surface area contributed by atoms with Crippen molar-refractivity contribution in [2.75, 3.05) is 38.7 Å². The van der Waals surface area contributed by atoms with E-state index in [1.54, 1.807) is 13.3 Å². The molecule has 2 heterocycles. The van der Waals surface area contributed by atoms with Crippen LogP contribution in [-0.4, -0.2) is 55.3 Å². The van der Waals surface area contributed by atoms with E-state index in [4.69, 9.17) is 4.74 Å². The maximum Gasteiger partial charge on any atom is 0.319 e. The molecule has 0 aliphatic carbocycles. The smallest absolute Gasteiger partial charge is 0.319 e. The van der Waals surface area contributed by atoms with E-state index in [-0.39, 0.29) is 6.03 Å². The van der Waals surface area contributed by atoms with Crippen molar-refractivity contribution < 1.29 is 9.53 Å². The maximum atomic E-state index is 12.2. The second-order valence-corrected chi connectivity index (χ2v) is 6.04. The van der Waals surface area contributed by atoms with Crippen molar-refractivity contribution in [3.8, 4) is 0 Å². The van der Waals surface area contributed by atoms with Gasteiger partial charge in [0.05, 0.1) is 17.8 Å². The molecule has 0 spiro atoms. The molecule has 1 unspecified atom stereocenters. The molecule has 2 N–H and O–H groups in total. The quantitative estimate of drug-likeness (QED) is 0.855. The number of fused-ring (bicyclic) bond motifs is 1. The van der Waals surface area contributed by atoms with Gasteiger partial charge in [-0.05, 0) is 31.5 Å². The molecule has 1 aliphatic rings. The number of pyridine rings is 1. The molecular weight excluding hydrogens is 304 g/mol. The minimum atomic E-state index is -0.188. The highest BCUT2D eigenvalue weighted by atomic mass is 16.5. The van der Waals surface area contributed by atoms with E-state index in [0.717, 1.165) is 42.7 Å². The van der Waals surface area contributed by atoms with Crippen molar-refractivity contribution in [3.05, 3.63) is 36.5 Å². The molecule has 1 aliphatic heterocycles. The number of likely N-dealkylation sites (tertiary alicyclic amines) is 1. The van der Waals surface area contributed by atoms with Gasteiger partial charge in [-0.25, -0.2) is 4.79 Å². The molecule has 128 valence electrons. The van der Waals surface area contributed by atoms with Gasteiger partial charge in [0.15, 0.2) is 0 Å². The fourth-order valence-corrected chi connectivity index (χ4v) is 3.21. The first kappa shape index (κ1) is 16.7. The Morgan fingerprint density at radius 1 is 1.38 bits per heavy atom. The van der Waals surface area contributed by atoms with E-state index in [1.165, 1.54) is 6.42 Å². The summed E-state index contributed by atoms with van der Waals surface area (Å²) in [5.74, 6) is 0. The van der Waals surface area contributed by atoms with Gasteiger partial charge < -0.3 is 15.4 Å². The average Bonchev–Trinajstić information content (AvgIpc) is 3.06. The van der Waals surface area contributed by atoms with Crippen molar-refractivity contribution in [2.45, 2.75) is 18.9 Å². The summed E-state index contributed by atoms with van der Waals surface area (Å²) in [7, 11) is 1.72. The predicted molar refractivity (Wildman–Crippen MR) is 95.2 cm³/mol. The minimum Gasteiger partial charge on any atom is -0.383 e. The summed E-state index contributed by atoms with van der Waals surface area (Å²) in [5, 5.41) is 6.91. The Kier molecular flexibility index (Phi) is 5.61. The molecule has 1 saturated heterocycles. The van der Waals surface area contributed by atoms with Crippen LogP contribution >= 0.6 is 0 Å². The van der Waals surface area contributed by atoms with E-state index < -0.39 is 0 Å². The van der Waals surface area contributed by atoms with Gasteiger partial charge in [-0.15, -0.1) is 0 Å². The zero-order valence-electron chi connectivity index (χ0n) is 14.0. The van der Waals surface area contributed by atoms with Crippen molar-refractivity contribution in [1.29, 1.82) is 0 Å². The molecule has 2 aromatic rings. The highest BCUT2D eigenvalue weighted by Crippen LogP contribution is 2.20. The third kappa shape index (κ3) is 4.01. The van der Waals surface area contributed by atoms with Crippen molar-refractivity contribution in [1.82, 2.24) is 15.2 Å². The Morgan fingerprint density at radius 2 is 2.25 bits per heavy atom. The molecule has 1 aromatic carbocycles. The van der Waals surface area contributed by atoms with Crippen LogP contribution < -0.4 is 10.6 Å². The number of methoxy groups -OCH3 is 1. The van der Waals surface area contributed by atoms with Crippen LogP contribution in [0.15, 0.2) is 36.5 Å². The number of nitrogens with one attached hydrogen (secondary N) is 2. The highest BCUT2D eigenvalue weighted by molar-refractivity contribution is 5.99. The largest absolute Gasteiger partial charge is 0.383 e. The topological polar surface area (TPSA) is 66.5 Å². The number of urea groups is 1. The van der Waals surface area contributed by atoms with Gasteiger partial charge in [0.25, 0.3) is 0 Å². The second-order valence-electron chi connectivity index (χ2n) is 6.04. The molecule has 1 fully saturated rings. The van der Waals surface area contributed by atoms with Crippen molar-refractivity contribution in [3.63, 3.8) is 0 Å². The van der Waals surface area contributed by atoms with E-state index in [2.05, 4.69) is 20.5 Å². The summed E-state index contributed by atoms with van der Waals surface area (Å²) < 4.78 is 5.15. The molecule has 1 aromatic heterocycles. The Balaban J connectivity index is 1.55. The summed E-state index contributed by atoms with van der Waals surface area (Å²) in [5.41, 5.74) is 1.53. The molecule has 6 heteroatoms. The second kappa shape index (κ2) is 8.08. The Labute approximate surface area is 142 Å². The molecule has 0 saturated carbocycles. The predicted octanol–water partition coefficient (Wildman–Crippen LogP) is 2.47. The summed E-state index contributed by atoms with van der Waals surface area (Å²) in [6.07, 6.45) is 4.02. The van der Waals surface area contributed by atoms with Gasteiger partial charge in [-0.3, -0.25) is 9.88 Å². The van der Waals surface area contributed by atoms with Crippen molar-refractivity contribution >= 4 is 22.6 Å². The monoisotopic (exact) mass is 328 g/mol. The van der Waals surface area contributed by atoms with Crippen LogP contribution in [0.3, 0.4) is 0 Å². The number of carbonyl (C=O) groups excluding carboxylic acids is 1. The molecule has 0 bridgehead atoms. The zero-order chi connectivity index (χ0) is 16.8. The van der Waals surface area contributed by atoms with Gasteiger partial charge in [0.1, 0.15) is 0 Å². The lowest BCUT2D eigenvalue weighted by molar-refractivity contribution is 0.140. The van der Waals surface area contributed by atoms with E-state index in [9.17, 15) is 4.79 Å². The molecule has 24 heavy (non-hydrogen) atoms. The van der Waals surface area contributed by atoms with Crippen LogP contribution in [0.1, 0.15) is 12.8 Å². The molecular formula is C18H24N4O2. The number of ether oxygens (including phenoxy) is 1. The lowest BCUT2D eigenvalue weighted by Crippen LogP contribution is -2.42. The minimum absolute atomic E-state index is 0.188. The van der Waals surface area contributed by atoms with Gasteiger partial charge in [-0.2, -0.15) is 0 Å². The first-order valence-corrected chi connectivity index (χ1v) is 8.39. The standard InChI is InChI=1S/C18H24N4O2/c1-24-12-11-22-10-4-7-15(22)13-20-18(23)21-16-8-2-5-14-6-3-9-19-17(14)16/h2-3,5-6,8-9,15H,4,7,10-13H2,1H3,(H2,20,21,23). The van der Waals surface area contributed by atoms with E-state index >= 15 is 0 Å². The normalized spacial score (nSPS) is 18.0. The van der Waals surface area contributed by atoms with Crippen LogP contribution in [0.5, 0.6) is 0 Å². The van der Waals surface area contributed by atoms with Gasteiger partial charge in [0.2, 0.25) is 0 Å². The van der Waals surface area contributed by atoms with Gasteiger partial charge in [0, 0.05) is 37.8 Å². The maximum absolute atomic E-state index is 12.2. The zero-order valence-corrected chi connectivity index (χ0v) is 14.0. The lowest BCUT2D eigenvalue weighted by Gasteiger charge is -2.24. The highest BCUT2D eigenvalue weighted by Gasteiger charge is 2.24. The summed E-state index contributed by atoms with van der Waals surface area (Å²) in [6, 6.07) is 9.84. The lowest BCUT2D eigenvalue weighted by atomic mass is 10.2. The van der Waals surface area contributed by atoms with Crippen LogP contribution in [0.2, 0.25) is 0 Å². The molecule has 0 radical (unpaired) electrons. The number of hydrogen-bond donors (Lipinski definition) is 2. The first-order chi connectivity index (χ1) is 11.8. The number of carbonyl (C=O) groups is 1. The molecule has 3 rings (SSSR count). The van der Waals surface area contributed by atoms with Gasteiger partial charge in [-0.1, -0.05) is 18.2 Å². The molecule has 1 atom stereocenters. The van der Waals surface area contributed by atoms with E-state index in [1.807, 2.05) is 30.3 Å². The summed E-state index contributed by atoms with van der Waals surface area (Å²) in [4.78, 5) is 19.0. The molecule has 6 nitrogen and oxygen atoms in total. The number of hydrogen-bond acceptors (Lipinski definition) is 4. The number of para-hydroxylation sites is 1. The Morgan fingerprint density at radius 3 is 3.12 bits per heavy atom. The third-order valence-corrected chi connectivity index (χ3v) is 4.46. The fraction of sp³-hybridized carbons (Fsp3) is 0.444. The van der Waals surface area contributed by atoms with Crippen LogP contribution in [0.4, 0.5) is 10.5 Å². The number of amides is 2. The molecule has 2 amide bonds. The number of nitrogens with zero attached hydrogens (tertiary/aromatic N) is 2. The summed E-state index contributed by atoms with van der Waals surface area (Å²) in [6.45, 7) is 3.36. The van der Waals surface area contributed by atoms with Crippen LogP contribution in [0, 0.1) is 0 Å². The van der Waals surface area contributed by atoms with Gasteiger partial charge >= 0.3 is 6.03 Å². The number of rotatable bonds is 6. The van der Waals surface area contributed by atoms with Crippen molar-refractivity contribution in [2.24, 2.45) is 0 Å². The fourth-order valence-electron chi connectivity index (χ4n) is 3.21. The average molecular weight is 328 g/mol. The summed E-state index contributed by atoms with van der Waals surface area (Å²) >= 11 is 0. The van der Waals surface area contributed by atoms with Crippen LogP contribution in [-0.2, 0) is 4.74 Å². The number of aromatic nitrogens is 1. The first-order valence-electron chi connectivity index (χ1n) is 8.39. The van der Waals surface area contributed by atoms with E-state index in [0.29, 0.717) is 12.6 Å². The Bertz CT molecular complexity index is 686. The number of benzene rings is 1. The SMILES string of the molecule is COCCN1CCCC1CNC(=O)Nc1cccc2cccnc12.